The minimum absolute atomic E-state index is 0.0293. The van der Waals surface area contributed by atoms with E-state index in [9.17, 15) is 13.2 Å². The maximum absolute atomic E-state index is 12.4. The zero-order valence-corrected chi connectivity index (χ0v) is 15.7. The highest BCUT2D eigenvalue weighted by Gasteiger charge is 2.24. The van der Waals surface area contributed by atoms with Crippen molar-refractivity contribution >= 4 is 27.3 Å². The largest absolute Gasteiger partial charge is 0.477 e. The molecule has 1 aliphatic heterocycles. The number of sulfonamides is 1. The van der Waals surface area contributed by atoms with E-state index in [0.717, 1.165) is 19.5 Å². The maximum atomic E-state index is 12.4. The Hall–Kier alpha value is -1.68. The first-order valence-corrected chi connectivity index (χ1v) is 10.3. The summed E-state index contributed by atoms with van der Waals surface area (Å²) in [4.78, 5) is 14.7. The Balaban J connectivity index is 1.64. The Bertz CT molecular complexity index is 885. The number of thiophene rings is 1. The lowest BCUT2D eigenvalue weighted by Crippen LogP contribution is -2.44. The number of aryl methyl sites for hydroxylation is 1. The summed E-state index contributed by atoms with van der Waals surface area (Å²) in [6.07, 6.45) is 2.31. The quantitative estimate of drug-likeness (QED) is 0.789. The number of aromatic carboxylic acids is 1. The molecule has 0 aliphatic carbocycles. The molecular weight excluding hydrogens is 362 g/mol. The molecule has 0 amide bonds. The summed E-state index contributed by atoms with van der Waals surface area (Å²) in [6.45, 7) is 4.01. The monoisotopic (exact) mass is 383 g/mol. The second-order valence-electron chi connectivity index (χ2n) is 6.27. The van der Waals surface area contributed by atoms with Gasteiger partial charge in [-0.25, -0.2) is 17.9 Å². The van der Waals surface area contributed by atoms with Gasteiger partial charge in [0.2, 0.25) is 10.0 Å². The summed E-state index contributed by atoms with van der Waals surface area (Å²) >= 11 is 1.77. The normalized spacial score (nSPS) is 16.6. The van der Waals surface area contributed by atoms with Gasteiger partial charge in [0.05, 0.1) is 0 Å². The van der Waals surface area contributed by atoms with Crippen molar-refractivity contribution in [1.82, 2.24) is 14.2 Å². The number of nitrogens with one attached hydrogen (secondary N) is 1. The smallest absolute Gasteiger partial charge is 0.352 e. The van der Waals surface area contributed by atoms with E-state index in [4.69, 9.17) is 5.11 Å². The van der Waals surface area contributed by atoms with Crippen molar-refractivity contribution in [3.63, 3.8) is 0 Å². The lowest BCUT2D eigenvalue weighted by Gasteiger charge is -2.32. The van der Waals surface area contributed by atoms with Gasteiger partial charge < -0.3 is 9.67 Å². The molecule has 1 atom stereocenters. The molecule has 7 nitrogen and oxygen atoms in total. The maximum Gasteiger partial charge on any atom is 0.352 e. The van der Waals surface area contributed by atoms with E-state index < -0.39 is 16.0 Å². The predicted molar refractivity (Wildman–Crippen MR) is 95.5 cm³/mol. The molecule has 3 heterocycles. The first-order chi connectivity index (χ1) is 11.8. The molecule has 9 heteroatoms. The van der Waals surface area contributed by atoms with Crippen molar-refractivity contribution < 1.29 is 18.3 Å². The molecule has 2 aromatic rings. The van der Waals surface area contributed by atoms with Gasteiger partial charge in [0.15, 0.2) is 0 Å². The number of aromatic nitrogens is 1. The molecular formula is C16H21N3O4S2. The van der Waals surface area contributed by atoms with E-state index >= 15 is 0 Å². The zero-order valence-electron chi connectivity index (χ0n) is 14.1. The lowest BCUT2D eigenvalue weighted by molar-refractivity contribution is 0.0686. The number of rotatable bonds is 6. The van der Waals surface area contributed by atoms with Gasteiger partial charge in [-0.05, 0) is 36.4 Å². The Morgan fingerprint density at radius 1 is 1.48 bits per heavy atom. The van der Waals surface area contributed by atoms with Gasteiger partial charge in [-0.2, -0.15) is 0 Å². The molecule has 2 aromatic heterocycles. The van der Waals surface area contributed by atoms with Gasteiger partial charge >= 0.3 is 5.97 Å². The van der Waals surface area contributed by atoms with E-state index in [1.165, 1.54) is 34.3 Å². The van der Waals surface area contributed by atoms with E-state index in [-0.39, 0.29) is 23.2 Å². The van der Waals surface area contributed by atoms with Gasteiger partial charge in [-0.15, -0.1) is 11.3 Å². The molecule has 0 radical (unpaired) electrons. The third-order valence-corrected chi connectivity index (χ3v) is 6.95. The Morgan fingerprint density at radius 3 is 2.92 bits per heavy atom. The van der Waals surface area contributed by atoms with Crippen LogP contribution in [0.2, 0.25) is 0 Å². The molecule has 0 fully saturated rings. The fourth-order valence-electron chi connectivity index (χ4n) is 2.98. The van der Waals surface area contributed by atoms with Crippen LogP contribution in [0.25, 0.3) is 0 Å². The predicted octanol–water partition coefficient (Wildman–Crippen LogP) is 1.51. The molecule has 0 saturated heterocycles. The highest BCUT2D eigenvalue weighted by molar-refractivity contribution is 7.89. The van der Waals surface area contributed by atoms with Crippen LogP contribution in [-0.2, 0) is 30.0 Å². The van der Waals surface area contributed by atoms with Crippen molar-refractivity contribution in [2.75, 3.05) is 13.1 Å². The van der Waals surface area contributed by atoms with E-state index in [1.807, 2.05) is 6.92 Å². The van der Waals surface area contributed by atoms with Crippen molar-refractivity contribution in [3.8, 4) is 0 Å². The molecule has 2 N–H and O–H groups in total. The van der Waals surface area contributed by atoms with E-state index in [0.29, 0.717) is 0 Å². The van der Waals surface area contributed by atoms with Gasteiger partial charge in [-0.1, -0.05) is 0 Å². The first kappa shape index (κ1) is 18.1. The summed E-state index contributed by atoms with van der Waals surface area (Å²) in [5, 5.41) is 11.1. The van der Waals surface area contributed by atoms with Crippen LogP contribution in [0.15, 0.2) is 28.6 Å². The Kier molecular flexibility index (Phi) is 5.01. The summed E-state index contributed by atoms with van der Waals surface area (Å²) in [6, 6.07) is 3.35. The summed E-state index contributed by atoms with van der Waals surface area (Å²) in [5.74, 6) is -1.16. The van der Waals surface area contributed by atoms with Crippen molar-refractivity contribution in [3.05, 3.63) is 39.8 Å². The number of hydrogen-bond acceptors (Lipinski definition) is 5. The standard InChI is InChI=1S/C16H21N3O4S2/c1-11(19-5-3-15-12(9-19)4-6-24-15)8-17-25(22,23)13-7-14(16(20)21)18(2)10-13/h4,6-7,10-11,17H,3,5,8-9H2,1-2H3,(H,20,21). The highest BCUT2D eigenvalue weighted by Crippen LogP contribution is 2.25. The Morgan fingerprint density at radius 2 is 2.24 bits per heavy atom. The van der Waals surface area contributed by atoms with Crippen LogP contribution in [0.5, 0.6) is 0 Å². The van der Waals surface area contributed by atoms with Crippen LogP contribution in [0.1, 0.15) is 27.9 Å². The zero-order chi connectivity index (χ0) is 18.2. The summed E-state index contributed by atoms with van der Waals surface area (Å²) in [5.41, 5.74) is 1.26. The molecule has 3 rings (SSSR count). The number of carboxylic acids is 1. The van der Waals surface area contributed by atoms with E-state index in [1.54, 1.807) is 11.3 Å². The average Bonchev–Trinajstić information content (AvgIpc) is 3.18. The fourth-order valence-corrected chi connectivity index (χ4v) is 5.06. The summed E-state index contributed by atoms with van der Waals surface area (Å²) in [7, 11) is -2.23. The highest BCUT2D eigenvalue weighted by atomic mass is 32.2. The molecule has 0 spiro atoms. The van der Waals surface area contributed by atoms with Gasteiger partial charge in [0, 0.05) is 43.8 Å². The van der Waals surface area contributed by atoms with Crippen LogP contribution in [0.4, 0.5) is 0 Å². The number of nitrogens with zero attached hydrogens (tertiary/aromatic N) is 2. The third-order valence-electron chi connectivity index (χ3n) is 4.54. The van der Waals surface area contributed by atoms with Crippen LogP contribution in [0, 0.1) is 0 Å². The SMILES string of the molecule is CC(CNS(=O)(=O)c1cc(C(=O)O)n(C)c1)N1CCc2sccc2C1. The average molecular weight is 383 g/mol. The minimum atomic E-state index is -3.74. The van der Waals surface area contributed by atoms with Crippen LogP contribution < -0.4 is 4.72 Å². The first-order valence-electron chi connectivity index (χ1n) is 7.96. The lowest BCUT2D eigenvalue weighted by atomic mass is 10.1. The number of hydrogen-bond donors (Lipinski definition) is 2. The van der Waals surface area contributed by atoms with Gasteiger partial charge in [0.25, 0.3) is 0 Å². The van der Waals surface area contributed by atoms with Crippen molar-refractivity contribution in [2.45, 2.75) is 30.8 Å². The Labute approximate surface area is 150 Å². The molecule has 25 heavy (non-hydrogen) atoms. The minimum Gasteiger partial charge on any atom is -0.477 e. The second-order valence-corrected chi connectivity index (χ2v) is 9.04. The molecule has 1 aliphatic rings. The number of fused-ring (bicyclic) bond motifs is 1. The van der Waals surface area contributed by atoms with Crippen molar-refractivity contribution in [1.29, 1.82) is 0 Å². The molecule has 1 unspecified atom stereocenters. The van der Waals surface area contributed by atoms with E-state index in [2.05, 4.69) is 21.1 Å². The van der Waals surface area contributed by atoms with Gasteiger partial charge in [-0.3, -0.25) is 4.90 Å². The second kappa shape index (κ2) is 6.91. The number of carbonyl (C=O) groups is 1. The summed E-state index contributed by atoms with van der Waals surface area (Å²) < 4.78 is 28.8. The van der Waals surface area contributed by atoms with Crippen LogP contribution >= 0.6 is 11.3 Å². The fraction of sp³-hybridized carbons (Fsp3) is 0.438. The van der Waals surface area contributed by atoms with Crippen LogP contribution in [-0.4, -0.2) is 48.1 Å². The van der Waals surface area contributed by atoms with Crippen molar-refractivity contribution in [2.24, 2.45) is 7.05 Å². The molecule has 0 saturated carbocycles. The topological polar surface area (TPSA) is 91.6 Å². The van der Waals surface area contributed by atoms with Crippen LogP contribution in [0.3, 0.4) is 0 Å². The molecule has 136 valence electrons. The number of carboxylic acid groups (broad SMARTS) is 1. The van der Waals surface area contributed by atoms with Gasteiger partial charge in [0.1, 0.15) is 10.6 Å². The molecule has 0 aromatic carbocycles. The third kappa shape index (κ3) is 3.79. The molecule has 0 bridgehead atoms.